The van der Waals surface area contributed by atoms with Crippen LogP contribution in [0.2, 0.25) is 15.1 Å². The van der Waals surface area contributed by atoms with Crippen molar-refractivity contribution in [2.24, 2.45) is 0 Å². The highest BCUT2D eigenvalue weighted by atomic mass is 35.5. The molecule has 4 aliphatic heterocycles. The smallest absolute Gasteiger partial charge is 0.340 e. The number of carbonyl (C=O) groups excluding carboxylic acids is 2. The zero-order valence-electron chi connectivity index (χ0n) is 35.7. The maximum absolute atomic E-state index is 12.9. The Morgan fingerprint density at radius 1 is 0.493 bits per heavy atom. The van der Waals surface area contributed by atoms with E-state index in [1.807, 2.05) is 36.4 Å². The van der Waals surface area contributed by atoms with Crippen molar-refractivity contribution in [1.29, 1.82) is 0 Å². The molecule has 4 aliphatic rings. The lowest BCUT2D eigenvalue weighted by atomic mass is 9.77. The Kier molecular flexibility index (Phi) is 11.4. The van der Waals surface area contributed by atoms with E-state index in [0.717, 1.165) is 13.8 Å². The first-order valence-electron chi connectivity index (χ1n) is 20.5. The first kappa shape index (κ1) is 46.0. The van der Waals surface area contributed by atoms with Gasteiger partial charge in [0, 0.05) is 75.5 Å². The van der Waals surface area contributed by atoms with E-state index in [2.05, 4.69) is 0 Å². The number of halogens is 3. The minimum absolute atomic E-state index is 0.00362. The number of phenolic OH excluding ortho intramolecular Hbond substituents is 4. The zero-order chi connectivity index (χ0) is 49.3. The van der Waals surface area contributed by atoms with Gasteiger partial charge in [0.25, 0.3) is 11.9 Å². The summed E-state index contributed by atoms with van der Waals surface area (Å²) in [5, 5.41) is 57.9. The Bertz CT molecular complexity index is 3520. The number of aliphatic carboxylic acids is 2. The van der Waals surface area contributed by atoms with E-state index in [-0.39, 0.29) is 38.1 Å². The summed E-state index contributed by atoms with van der Waals surface area (Å²) in [6, 6.07) is 35.7. The van der Waals surface area contributed by atoms with Crippen LogP contribution in [0.5, 0.6) is 46.0 Å². The van der Waals surface area contributed by atoms with Gasteiger partial charge in [0.2, 0.25) is 0 Å². The van der Waals surface area contributed by atoms with Crippen molar-refractivity contribution in [2.75, 3.05) is 0 Å². The third-order valence-electron chi connectivity index (χ3n) is 11.6. The zero-order valence-corrected chi connectivity index (χ0v) is 38.0. The Labute approximate surface area is 405 Å². The predicted molar refractivity (Wildman–Crippen MR) is 253 cm³/mol. The summed E-state index contributed by atoms with van der Waals surface area (Å²) in [7, 11) is 0. The Morgan fingerprint density at radius 3 is 1.43 bits per heavy atom. The molecule has 6 N–H and O–H groups in total. The quantitative estimate of drug-likeness (QED) is 0.0777. The number of ether oxygens (including phenoxy) is 4. The maximum atomic E-state index is 12.9. The molecule has 0 saturated carbocycles. The SMILES string of the molecule is CC(=O)O.CC(=O)O.O=C1OC2(c3ccc(O)cc3Oc3c2ccc2c(Cl)c(O)c(Cl)cc32)c2ccccc21.O=C1OC2(c3ccc(O)cc3Oc3c2ccc2cc(O)c(Cl)cc32)c2ccccc21. The second kappa shape index (κ2) is 17.2. The van der Waals surface area contributed by atoms with Crippen molar-refractivity contribution in [3.63, 3.8) is 0 Å². The summed E-state index contributed by atoms with van der Waals surface area (Å²) in [5.74, 6) is -1.23. The second-order valence-electron chi connectivity index (χ2n) is 15.9. The minimum Gasteiger partial charge on any atom is -0.508 e. The molecule has 0 aliphatic carbocycles. The van der Waals surface area contributed by atoms with Gasteiger partial charge in [0.1, 0.15) is 40.2 Å². The van der Waals surface area contributed by atoms with Crippen molar-refractivity contribution < 1.29 is 68.8 Å². The van der Waals surface area contributed by atoms with E-state index in [9.17, 15) is 30.0 Å². The predicted octanol–water partition coefficient (Wildman–Crippen LogP) is 11.8. The van der Waals surface area contributed by atoms with Crippen molar-refractivity contribution in [2.45, 2.75) is 25.0 Å². The van der Waals surface area contributed by atoms with Gasteiger partial charge in [-0.05, 0) is 72.1 Å². The Balaban J connectivity index is 0.000000149. The van der Waals surface area contributed by atoms with Gasteiger partial charge in [0.05, 0.1) is 26.2 Å². The molecule has 2 atom stereocenters. The average molecular weight is 988 g/mol. The molecule has 12 rings (SSSR count). The molecule has 346 valence electrons. The van der Waals surface area contributed by atoms with Crippen molar-refractivity contribution in [3.05, 3.63) is 187 Å². The molecule has 0 amide bonds. The number of hydrogen-bond donors (Lipinski definition) is 6. The Morgan fingerprint density at radius 2 is 0.928 bits per heavy atom. The van der Waals surface area contributed by atoms with Crippen LogP contribution < -0.4 is 9.47 Å². The third kappa shape index (κ3) is 7.45. The molecule has 0 bridgehead atoms. The van der Waals surface area contributed by atoms with Gasteiger partial charge in [-0.25, -0.2) is 9.59 Å². The maximum Gasteiger partial charge on any atom is 0.340 e. The highest BCUT2D eigenvalue weighted by Crippen LogP contribution is 2.60. The fourth-order valence-electron chi connectivity index (χ4n) is 8.96. The van der Waals surface area contributed by atoms with E-state index >= 15 is 0 Å². The second-order valence-corrected chi connectivity index (χ2v) is 17.1. The van der Waals surface area contributed by atoms with E-state index < -0.39 is 35.1 Å². The van der Waals surface area contributed by atoms with Gasteiger partial charge < -0.3 is 49.6 Å². The van der Waals surface area contributed by atoms with Crippen LogP contribution in [0.3, 0.4) is 0 Å². The number of carbonyl (C=O) groups is 4. The molecule has 0 saturated heterocycles. The number of esters is 2. The number of rotatable bonds is 0. The molecule has 0 radical (unpaired) electrons. The monoisotopic (exact) mass is 986 g/mol. The fourth-order valence-corrected chi connectivity index (χ4v) is 9.64. The number of carboxylic acids is 2. The summed E-state index contributed by atoms with van der Waals surface area (Å²) in [6.07, 6.45) is 0. The van der Waals surface area contributed by atoms with Crippen LogP contribution in [0, 0.1) is 0 Å². The van der Waals surface area contributed by atoms with Crippen LogP contribution in [0.4, 0.5) is 0 Å². The van der Waals surface area contributed by atoms with Crippen LogP contribution in [-0.4, -0.2) is 54.5 Å². The van der Waals surface area contributed by atoms with Gasteiger partial charge >= 0.3 is 11.9 Å². The molecule has 14 nitrogen and oxygen atoms in total. The largest absolute Gasteiger partial charge is 0.508 e. The van der Waals surface area contributed by atoms with E-state index in [1.54, 1.807) is 72.8 Å². The number of hydrogen-bond acceptors (Lipinski definition) is 12. The summed E-state index contributed by atoms with van der Waals surface area (Å²) in [4.78, 5) is 43.7. The number of phenols is 4. The van der Waals surface area contributed by atoms with Crippen LogP contribution >= 0.6 is 34.8 Å². The summed E-state index contributed by atoms with van der Waals surface area (Å²) < 4.78 is 24.6. The van der Waals surface area contributed by atoms with Crippen LogP contribution in [-0.2, 0) is 30.3 Å². The first-order valence-corrected chi connectivity index (χ1v) is 21.7. The molecule has 2 spiro atoms. The molecule has 0 fully saturated rings. The van der Waals surface area contributed by atoms with Gasteiger partial charge in [-0.15, -0.1) is 0 Å². The number of benzene rings is 8. The topological polar surface area (TPSA) is 227 Å². The molecule has 8 aromatic rings. The molecule has 0 aromatic heterocycles. The average Bonchev–Trinajstić information content (AvgIpc) is 3.76. The highest BCUT2D eigenvalue weighted by Gasteiger charge is 2.55. The molecule has 2 unspecified atom stereocenters. The van der Waals surface area contributed by atoms with Gasteiger partial charge in [-0.2, -0.15) is 0 Å². The van der Waals surface area contributed by atoms with Gasteiger partial charge in [-0.3, -0.25) is 9.59 Å². The fraction of sp³-hybridized carbons (Fsp3) is 0.0769. The molecule has 8 aromatic carbocycles. The number of aromatic hydroxyl groups is 4. The number of carboxylic acid groups (broad SMARTS) is 2. The first-order chi connectivity index (χ1) is 32.9. The van der Waals surface area contributed by atoms with Gasteiger partial charge in [-0.1, -0.05) is 83.3 Å². The summed E-state index contributed by atoms with van der Waals surface area (Å²) >= 11 is 18.7. The number of fused-ring (bicyclic) bond motifs is 16. The van der Waals surface area contributed by atoms with Crippen molar-refractivity contribution >= 4 is 80.2 Å². The lowest BCUT2D eigenvalue weighted by molar-refractivity contribution is -0.135. The highest BCUT2D eigenvalue weighted by molar-refractivity contribution is 6.41. The molecular formula is C52H33Cl3O14. The van der Waals surface area contributed by atoms with Crippen molar-refractivity contribution in [1.82, 2.24) is 0 Å². The molecule has 69 heavy (non-hydrogen) atoms. The summed E-state index contributed by atoms with van der Waals surface area (Å²) in [6.45, 7) is 2.17. The van der Waals surface area contributed by atoms with E-state index in [0.29, 0.717) is 89.1 Å². The van der Waals surface area contributed by atoms with E-state index in [4.69, 9.17) is 73.6 Å². The molecular weight excluding hydrogens is 955 g/mol. The minimum atomic E-state index is -1.27. The van der Waals surface area contributed by atoms with Crippen LogP contribution in [0.25, 0.3) is 21.5 Å². The normalized spacial score (nSPS) is 17.0. The lowest BCUT2D eigenvalue weighted by Crippen LogP contribution is -2.33. The third-order valence-corrected chi connectivity index (χ3v) is 12.6. The van der Waals surface area contributed by atoms with Gasteiger partial charge in [0.15, 0.2) is 17.0 Å². The van der Waals surface area contributed by atoms with E-state index in [1.165, 1.54) is 18.2 Å². The van der Waals surface area contributed by atoms with Crippen LogP contribution in [0.15, 0.2) is 127 Å². The van der Waals surface area contributed by atoms with Crippen molar-refractivity contribution in [3.8, 4) is 46.0 Å². The Hall–Kier alpha value is -8.17. The molecule has 4 heterocycles. The van der Waals surface area contributed by atoms with Crippen LogP contribution in [0.1, 0.15) is 67.9 Å². The standard InChI is InChI=1S/C24H12Cl2O5.C24H13ClO5.2C2H4O2/c25-18-10-14-12(20(26)21(18)28)6-8-17-22(14)30-19-9-11(27)5-7-16(19)24(17)15-4-2-1-3-13(15)23(29)31-24;25-19-11-15-12(9-20(19)27)5-7-18-22(15)29-21-10-13(26)6-8-17(21)24(18)16-4-2-1-3-14(16)23(28)30-24;2*1-2(3)4/h1-10,27-28H;1-11,26-27H;2*1H3,(H,3,4). The lowest BCUT2D eigenvalue weighted by Gasteiger charge is -2.37. The summed E-state index contributed by atoms with van der Waals surface area (Å²) in [5.41, 5.74) is 2.27. The molecule has 17 heteroatoms.